The first kappa shape index (κ1) is 29.1. The zero-order valence-electron chi connectivity index (χ0n) is 22.3. The van der Waals surface area contributed by atoms with Crippen molar-refractivity contribution in [1.82, 2.24) is 19.8 Å². The Bertz CT molecular complexity index is 1410. The smallest absolute Gasteiger partial charge is 0.294 e. The number of ether oxygens (including phenoxy) is 1. The van der Waals surface area contributed by atoms with E-state index in [1.54, 1.807) is 36.4 Å². The van der Waals surface area contributed by atoms with Crippen molar-refractivity contribution in [3.8, 4) is 5.75 Å². The molecule has 0 saturated carbocycles. The summed E-state index contributed by atoms with van der Waals surface area (Å²) in [5.74, 6) is -0.839. The summed E-state index contributed by atoms with van der Waals surface area (Å²) in [6.07, 6.45) is 2.58. The number of amides is 2. The van der Waals surface area contributed by atoms with Crippen molar-refractivity contribution in [2.75, 3.05) is 51.3 Å². The third-order valence-electron chi connectivity index (χ3n) is 5.37. The lowest BCUT2D eigenvalue weighted by Gasteiger charge is -2.19. The second kappa shape index (κ2) is 12.9. The zero-order chi connectivity index (χ0) is 28.7. The maximum Gasteiger partial charge on any atom is 0.294 e. The minimum atomic E-state index is -0.678. The summed E-state index contributed by atoms with van der Waals surface area (Å²) < 4.78 is 5.57. The number of halogens is 1. The Kier molecular flexibility index (Phi) is 9.58. The predicted octanol–water partition coefficient (Wildman–Crippen LogP) is 4.08. The predicted molar refractivity (Wildman–Crippen MR) is 152 cm³/mol. The number of hydrogen-bond acceptors (Lipinski definition) is 9. The molecule has 1 aromatic heterocycles. The molecule has 11 nitrogen and oxygen atoms in total. The minimum absolute atomic E-state index is 0.162. The molecule has 39 heavy (non-hydrogen) atoms. The van der Waals surface area contributed by atoms with Crippen LogP contribution in [0.3, 0.4) is 0 Å². The van der Waals surface area contributed by atoms with Gasteiger partial charge in [0.2, 0.25) is 11.9 Å². The first-order valence-corrected chi connectivity index (χ1v) is 12.1. The fourth-order valence-corrected chi connectivity index (χ4v) is 3.67. The van der Waals surface area contributed by atoms with Crippen molar-refractivity contribution in [1.29, 1.82) is 0 Å². The first-order chi connectivity index (χ1) is 18.5. The van der Waals surface area contributed by atoms with Crippen molar-refractivity contribution in [3.63, 3.8) is 0 Å². The van der Waals surface area contributed by atoms with Gasteiger partial charge in [-0.1, -0.05) is 30.3 Å². The van der Waals surface area contributed by atoms with Crippen LogP contribution in [-0.2, 0) is 16.1 Å². The van der Waals surface area contributed by atoms with Crippen LogP contribution < -0.4 is 20.7 Å². The van der Waals surface area contributed by atoms with Crippen LogP contribution in [-0.4, -0.2) is 72.7 Å². The molecule has 0 aliphatic heterocycles. The molecule has 3 aromatic rings. The van der Waals surface area contributed by atoms with E-state index in [-0.39, 0.29) is 28.3 Å². The summed E-state index contributed by atoms with van der Waals surface area (Å²) in [6, 6.07) is 10.1. The van der Waals surface area contributed by atoms with Crippen LogP contribution in [0.2, 0.25) is 5.02 Å². The van der Waals surface area contributed by atoms with Crippen molar-refractivity contribution in [2.24, 2.45) is 0 Å². The normalized spacial score (nSPS) is 10.5. The molecule has 0 aliphatic carbocycles. The Hall–Kier alpha value is -4.48. The van der Waals surface area contributed by atoms with Crippen LogP contribution in [0.1, 0.15) is 15.9 Å². The van der Waals surface area contributed by atoms with Gasteiger partial charge in [-0.05, 0) is 50.0 Å². The number of aromatic nitrogens is 2. The summed E-state index contributed by atoms with van der Waals surface area (Å²) in [6.45, 7) is 4.06. The van der Waals surface area contributed by atoms with Gasteiger partial charge < -0.3 is 30.5 Å². The summed E-state index contributed by atoms with van der Waals surface area (Å²) in [5, 5.41) is 9.12. The van der Waals surface area contributed by atoms with Crippen LogP contribution >= 0.6 is 11.6 Å². The molecule has 0 atom stereocenters. The highest BCUT2D eigenvalue weighted by atomic mass is 35.5. The van der Waals surface area contributed by atoms with Crippen LogP contribution in [0.15, 0.2) is 55.3 Å². The average molecular weight is 552 g/mol. The molecule has 0 spiro atoms. The molecular formula is C27H30ClN7O4. The van der Waals surface area contributed by atoms with Gasteiger partial charge in [0, 0.05) is 26.3 Å². The molecule has 3 N–H and O–H groups in total. The molecule has 0 unspecified atom stereocenters. The Labute approximate surface area is 231 Å². The fraction of sp³-hybridized carbons (Fsp3) is 0.222. The van der Waals surface area contributed by atoms with Gasteiger partial charge in [0.25, 0.3) is 11.7 Å². The molecular weight excluding hydrogens is 522 g/mol. The van der Waals surface area contributed by atoms with Gasteiger partial charge in [0.1, 0.15) is 10.8 Å². The van der Waals surface area contributed by atoms with E-state index < -0.39 is 11.7 Å². The van der Waals surface area contributed by atoms with Crippen molar-refractivity contribution in [3.05, 3.63) is 71.4 Å². The van der Waals surface area contributed by atoms with E-state index in [1.165, 1.54) is 38.4 Å². The minimum Gasteiger partial charge on any atom is -0.495 e. The third-order valence-corrected chi connectivity index (χ3v) is 5.65. The van der Waals surface area contributed by atoms with Gasteiger partial charge in [0.05, 0.1) is 30.2 Å². The molecule has 1 heterocycles. The van der Waals surface area contributed by atoms with Gasteiger partial charge in [-0.15, -0.1) is 0 Å². The van der Waals surface area contributed by atoms with Gasteiger partial charge in [-0.25, -0.2) is 4.98 Å². The van der Waals surface area contributed by atoms with Crippen molar-refractivity contribution < 1.29 is 19.1 Å². The number of carbonyl (C=O) groups is 3. The number of carbonyl (C=O) groups excluding carboxylic acids is 3. The summed E-state index contributed by atoms with van der Waals surface area (Å²) in [4.78, 5) is 48.9. The van der Waals surface area contributed by atoms with E-state index in [1.807, 2.05) is 19.0 Å². The number of Topliss-reactive ketones (excluding diaryl/α,β-unsaturated/α-hetero) is 1. The fourth-order valence-electron chi connectivity index (χ4n) is 3.53. The maximum absolute atomic E-state index is 12.7. The summed E-state index contributed by atoms with van der Waals surface area (Å²) in [7, 11) is 8.36. The lowest BCUT2D eigenvalue weighted by Crippen LogP contribution is -2.30. The van der Waals surface area contributed by atoms with E-state index in [4.69, 9.17) is 16.3 Å². The molecule has 0 radical (unpaired) electrons. The Morgan fingerprint density at radius 2 is 1.77 bits per heavy atom. The number of rotatable bonds is 11. The number of benzene rings is 2. The van der Waals surface area contributed by atoms with Crippen molar-refractivity contribution >= 4 is 58.0 Å². The lowest BCUT2D eigenvalue weighted by molar-refractivity contribution is -0.124. The summed E-state index contributed by atoms with van der Waals surface area (Å²) >= 11 is 6.36. The molecule has 3 rings (SSSR count). The first-order valence-electron chi connectivity index (χ1n) is 11.7. The van der Waals surface area contributed by atoms with Crippen LogP contribution in [0.5, 0.6) is 5.75 Å². The molecule has 0 saturated heterocycles. The monoisotopic (exact) mass is 551 g/mol. The van der Waals surface area contributed by atoms with E-state index in [9.17, 15) is 14.4 Å². The lowest BCUT2D eigenvalue weighted by atomic mass is 10.1. The SMILES string of the molecule is C=CC(=O)Nc1cc(Nc2ncc(Cl)c(Nc3ccccc3C(=O)C(=O)N(C)C)n2)c(OC)cc1CN(C)C. The zero-order valence-corrected chi connectivity index (χ0v) is 23.1. The number of para-hydroxylation sites is 1. The number of nitrogens with one attached hydrogen (secondary N) is 3. The van der Waals surface area contributed by atoms with Crippen LogP contribution in [0.25, 0.3) is 0 Å². The molecule has 0 fully saturated rings. The topological polar surface area (TPSA) is 129 Å². The van der Waals surface area contributed by atoms with Crippen LogP contribution in [0.4, 0.5) is 28.8 Å². The van der Waals surface area contributed by atoms with Gasteiger partial charge in [-0.2, -0.15) is 4.98 Å². The number of hydrogen-bond donors (Lipinski definition) is 3. The number of methoxy groups -OCH3 is 1. The molecule has 204 valence electrons. The standard InChI is InChI=1S/C27H30ClN7O4/c1-7-23(36)30-20-13-21(22(39-6)12-16(20)15-34(2)3)32-27-29-14-18(28)25(33-27)31-19-11-9-8-10-17(19)24(37)26(38)35(4)5/h7-14H,1,15H2,2-6H3,(H,30,36)(H2,29,31,32,33). The van der Waals surface area contributed by atoms with Gasteiger partial charge in [-0.3, -0.25) is 14.4 Å². The van der Waals surface area contributed by atoms with Gasteiger partial charge >= 0.3 is 0 Å². The Balaban J connectivity index is 1.97. The number of nitrogens with zero attached hydrogens (tertiary/aromatic N) is 4. The highest BCUT2D eigenvalue weighted by Crippen LogP contribution is 2.35. The number of likely N-dealkylation sites (N-methyl/N-ethyl adjacent to an activating group) is 1. The highest BCUT2D eigenvalue weighted by Gasteiger charge is 2.22. The van der Waals surface area contributed by atoms with E-state index in [0.29, 0.717) is 29.4 Å². The largest absolute Gasteiger partial charge is 0.495 e. The van der Waals surface area contributed by atoms with Crippen molar-refractivity contribution in [2.45, 2.75) is 6.54 Å². The Morgan fingerprint density at radius 3 is 2.41 bits per heavy atom. The van der Waals surface area contributed by atoms with E-state index in [0.717, 1.165) is 5.56 Å². The molecule has 0 bridgehead atoms. The second-order valence-corrected chi connectivity index (χ2v) is 9.26. The summed E-state index contributed by atoms with van der Waals surface area (Å²) in [5.41, 5.74) is 2.39. The second-order valence-electron chi connectivity index (χ2n) is 8.86. The van der Waals surface area contributed by atoms with E-state index >= 15 is 0 Å². The molecule has 2 amide bonds. The molecule has 2 aromatic carbocycles. The van der Waals surface area contributed by atoms with E-state index in [2.05, 4.69) is 32.5 Å². The van der Waals surface area contributed by atoms with Gasteiger partial charge in [0.15, 0.2) is 5.82 Å². The maximum atomic E-state index is 12.7. The average Bonchev–Trinajstić information content (AvgIpc) is 2.90. The highest BCUT2D eigenvalue weighted by molar-refractivity contribution is 6.43. The quantitative estimate of drug-likeness (QED) is 0.183. The molecule has 12 heteroatoms. The number of anilines is 5. The third kappa shape index (κ3) is 7.30. The molecule has 0 aliphatic rings. The van der Waals surface area contributed by atoms with Crippen LogP contribution in [0, 0.1) is 0 Å². The Morgan fingerprint density at radius 1 is 1.05 bits per heavy atom. The number of ketones is 1.